The molecule has 0 radical (unpaired) electrons. The standard InChI is InChI=1S/C20H16N2O4/c21-8-3-9-22-17-13-4-1-2-5-14(13)18(23)16(17)12-7-6-11(20(25)26)10-15(12)19(22)24/h1-2,4-7,10H,3,8-9,21H2,(H,25,26). The van der Waals surface area contributed by atoms with Gasteiger partial charge in [-0.3, -0.25) is 9.59 Å². The van der Waals surface area contributed by atoms with Crippen LogP contribution in [0, 0.1) is 0 Å². The topological polar surface area (TPSA) is 102 Å². The number of fused-ring (bicyclic) bond motifs is 5. The predicted molar refractivity (Wildman–Crippen MR) is 97.7 cm³/mol. The normalized spacial score (nSPS) is 12.3. The Morgan fingerprint density at radius 2 is 1.77 bits per heavy atom. The molecule has 0 unspecified atom stereocenters. The van der Waals surface area contributed by atoms with Crippen molar-refractivity contribution in [1.82, 2.24) is 4.57 Å². The summed E-state index contributed by atoms with van der Waals surface area (Å²) in [7, 11) is 0. The molecule has 0 atom stereocenters. The second-order valence-electron chi connectivity index (χ2n) is 6.26. The zero-order chi connectivity index (χ0) is 18.4. The van der Waals surface area contributed by atoms with Crippen LogP contribution in [-0.4, -0.2) is 28.0 Å². The van der Waals surface area contributed by atoms with Gasteiger partial charge < -0.3 is 15.4 Å². The largest absolute Gasteiger partial charge is 0.478 e. The molecular formula is C20H16N2O4. The molecule has 0 amide bonds. The summed E-state index contributed by atoms with van der Waals surface area (Å²) in [6.07, 6.45) is 0.576. The SMILES string of the molecule is NCCCn1c2c(c3ccc(C(=O)O)cc3c1=O)C(=O)c1ccccc1-2. The summed E-state index contributed by atoms with van der Waals surface area (Å²) in [6.45, 7) is 0.774. The minimum Gasteiger partial charge on any atom is -0.478 e. The molecule has 26 heavy (non-hydrogen) atoms. The van der Waals surface area contributed by atoms with Crippen LogP contribution in [0.25, 0.3) is 22.0 Å². The highest BCUT2D eigenvalue weighted by atomic mass is 16.4. The lowest BCUT2D eigenvalue weighted by Gasteiger charge is -2.15. The molecule has 3 N–H and O–H groups in total. The number of pyridine rings is 1. The maximum atomic E-state index is 13.1. The lowest BCUT2D eigenvalue weighted by Crippen LogP contribution is -2.24. The van der Waals surface area contributed by atoms with Gasteiger partial charge in [0.25, 0.3) is 5.56 Å². The molecule has 0 saturated carbocycles. The van der Waals surface area contributed by atoms with E-state index in [0.29, 0.717) is 41.7 Å². The van der Waals surface area contributed by atoms with Gasteiger partial charge in [0.15, 0.2) is 5.78 Å². The summed E-state index contributed by atoms with van der Waals surface area (Å²) >= 11 is 0. The van der Waals surface area contributed by atoms with E-state index in [4.69, 9.17) is 5.73 Å². The van der Waals surface area contributed by atoms with Gasteiger partial charge in [-0.15, -0.1) is 0 Å². The fourth-order valence-electron chi connectivity index (χ4n) is 3.58. The summed E-state index contributed by atoms with van der Waals surface area (Å²) < 4.78 is 1.56. The van der Waals surface area contributed by atoms with Crippen LogP contribution in [0.2, 0.25) is 0 Å². The van der Waals surface area contributed by atoms with E-state index in [1.807, 2.05) is 12.1 Å². The number of carboxylic acids is 1. The van der Waals surface area contributed by atoms with Crippen LogP contribution in [0.1, 0.15) is 32.7 Å². The molecule has 0 spiro atoms. The van der Waals surface area contributed by atoms with Gasteiger partial charge in [-0.05, 0) is 25.1 Å². The number of nitrogens with two attached hydrogens (primary N) is 1. The first-order valence-electron chi connectivity index (χ1n) is 8.32. The third kappa shape index (κ3) is 2.19. The highest BCUT2D eigenvalue weighted by molar-refractivity contribution is 6.26. The summed E-state index contributed by atoms with van der Waals surface area (Å²) in [5.74, 6) is -1.26. The molecule has 6 heteroatoms. The van der Waals surface area contributed by atoms with E-state index in [1.165, 1.54) is 12.1 Å². The van der Waals surface area contributed by atoms with Crippen molar-refractivity contribution < 1.29 is 14.7 Å². The maximum absolute atomic E-state index is 13.1. The van der Waals surface area contributed by atoms with Crippen molar-refractivity contribution in [2.75, 3.05) is 6.54 Å². The number of benzene rings is 2. The van der Waals surface area contributed by atoms with Crippen LogP contribution < -0.4 is 11.3 Å². The number of carboxylic acid groups (broad SMARTS) is 1. The van der Waals surface area contributed by atoms with Gasteiger partial charge in [-0.1, -0.05) is 30.3 Å². The van der Waals surface area contributed by atoms with E-state index in [9.17, 15) is 19.5 Å². The number of carbonyl (C=O) groups is 2. The predicted octanol–water partition coefficient (Wildman–Crippen LogP) is 2.26. The zero-order valence-corrected chi connectivity index (χ0v) is 13.9. The first kappa shape index (κ1) is 16.2. The Hall–Kier alpha value is -3.25. The van der Waals surface area contributed by atoms with Gasteiger partial charge in [-0.25, -0.2) is 4.79 Å². The Labute approximate surface area is 148 Å². The summed E-state index contributed by atoms with van der Waals surface area (Å²) in [4.78, 5) is 37.4. The number of aromatic carboxylic acids is 1. The number of nitrogens with zero attached hydrogens (tertiary/aromatic N) is 1. The fraction of sp³-hybridized carbons (Fsp3) is 0.150. The molecule has 0 fully saturated rings. The minimum atomic E-state index is -1.12. The Balaban J connectivity index is 2.14. The molecule has 130 valence electrons. The minimum absolute atomic E-state index is 0.0166. The van der Waals surface area contributed by atoms with Crippen molar-refractivity contribution in [1.29, 1.82) is 0 Å². The molecule has 1 aliphatic rings. The number of ketones is 1. The van der Waals surface area contributed by atoms with E-state index >= 15 is 0 Å². The second-order valence-corrected chi connectivity index (χ2v) is 6.26. The summed E-state index contributed by atoms with van der Waals surface area (Å²) in [5.41, 5.74) is 7.65. The number of hydrogen-bond donors (Lipinski definition) is 2. The fourth-order valence-corrected chi connectivity index (χ4v) is 3.58. The maximum Gasteiger partial charge on any atom is 0.335 e. The summed E-state index contributed by atoms with van der Waals surface area (Å²) in [5, 5.41) is 9.97. The lowest BCUT2D eigenvalue weighted by atomic mass is 10.0. The highest BCUT2D eigenvalue weighted by Gasteiger charge is 2.32. The van der Waals surface area contributed by atoms with Crippen LogP contribution in [-0.2, 0) is 6.54 Å². The first-order valence-corrected chi connectivity index (χ1v) is 8.32. The molecular weight excluding hydrogens is 332 g/mol. The molecule has 2 aromatic carbocycles. The quantitative estimate of drug-likeness (QED) is 0.589. The average molecular weight is 348 g/mol. The molecule has 0 saturated heterocycles. The van der Waals surface area contributed by atoms with E-state index < -0.39 is 5.97 Å². The van der Waals surface area contributed by atoms with Gasteiger partial charge in [0.2, 0.25) is 0 Å². The number of carbonyl (C=O) groups excluding carboxylic acids is 1. The smallest absolute Gasteiger partial charge is 0.335 e. The van der Waals surface area contributed by atoms with Crippen molar-refractivity contribution in [3.63, 3.8) is 0 Å². The highest BCUT2D eigenvalue weighted by Crippen LogP contribution is 2.39. The molecule has 1 heterocycles. The Morgan fingerprint density at radius 3 is 2.46 bits per heavy atom. The molecule has 1 aliphatic carbocycles. The van der Waals surface area contributed by atoms with Crippen molar-refractivity contribution in [3.05, 3.63) is 69.5 Å². The lowest BCUT2D eigenvalue weighted by molar-refractivity contribution is 0.0697. The number of hydrogen-bond acceptors (Lipinski definition) is 4. The van der Waals surface area contributed by atoms with Crippen molar-refractivity contribution in [2.45, 2.75) is 13.0 Å². The molecule has 1 aromatic heterocycles. The van der Waals surface area contributed by atoms with Crippen molar-refractivity contribution in [2.24, 2.45) is 5.73 Å². The van der Waals surface area contributed by atoms with Crippen LogP contribution in [0.15, 0.2) is 47.3 Å². The number of rotatable bonds is 4. The van der Waals surface area contributed by atoms with Gasteiger partial charge in [0.1, 0.15) is 0 Å². The van der Waals surface area contributed by atoms with Crippen LogP contribution in [0.5, 0.6) is 0 Å². The molecule has 0 aliphatic heterocycles. The van der Waals surface area contributed by atoms with Crippen LogP contribution in [0.4, 0.5) is 0 Å². The van der Waals surface area contributed by atoms with Crippen molar-refractivity contribution in [3.8, 4) is 11.3 Å². The zero-order valence-electron chi connectivity index (χ0n) is 13.9. The van der Waals surface area contributed by atoms with E-state index in [0.717, 1.165) is 5.56 Å². The van der Waals surface area contributed by atoms with Gasteiger partial charge >= 0.3 is 5.97 Å². The molecule has 3 aromatic rings. The summed E-state index contributed by atoms with van der Waals surface area (Å²) in [6, 6.07) is 11.5. The molecule has 0 bridgehead atoms. The van der Waals surface area contributed by atoms with E-state index in [2.05, 4.69) is 0 Å². The second kappa shape index (κ2) is 5.93. The molecule has 6 nitrogen and oxygen atoms in total. The van der Waals surface area contributed by atoms with Crippen LogP contribution in [0.3, 0.4) is 0 Å². The average Bonchev–Trinajstić information content (AvgIpc) is 2.94. The van der Waals surface area contributed by atoms with E-state index in [1.54, 1.807) is 22.8 Å². The van der Waals surface area contributed by atoms with Gasteiger partial charge in [-0.2, -0.15) is 0 Å². The van der Waals surface area contributed by atoms with E-state index in [-0.39, 0.29) is 22.3 Å². The van der Waals surface area contributed by atoms with Crippen LogP contribution >= 0.6 is 0 Å². The third-order valence-corrected chi connectivity index (χ3v) is 4.76. The Bertz CT molecular complexity index is 1140. The van der Waals surface area contributed by atoms with Crippen molar-refractivity contribution >= 4 is 22.5 Å². The monoisotopic (exact) mass is 348 g/mol. The molecule has 4 rings (SSSR count). The third-order valence-electron chi connectivity index (χ3n) is 4.76. The first-order chi connectivity index (χ1) is 12.5. The van der Waals surface area contributed by atoms with Gasteiger partial charge in [0, 0.05) is 28.4 Å². The van der Waals surface area contributed by atoms with Gasteiger partial charge in [0.05, 0.1) is 16.8 Å². The number of aromatic nitrogens is 1. The Kier molecular flexibility index (Phi) is 3.70. The Morgan fingerprint density at radius 1 is 1.04 bits per heavy atom.